The van der Waals surface area contributed by atoms with Crippen molar-refractivity contribution in [2.45, 2.75) is 83.3 Å². The molecule has 2 aliphatic heterocycles. The summed E-state index contributed by atoms with van der Waals surface area (Å²) in [6.07, 6.45) is 1.31. The van der Waals surface area contributed by atoms with E-state index < -0.39 is 42.6 Å². The monoisotopic (exact) mass is 902 g/mol. The van der Waals surface area contributed by atoms with Crippen molar-refractivity contribution in [3.8, 4) is 23.0 Å². The summed E-state index contributed by atoms with van der Waals surface area (Å²) in [6.45, 7) is 9.97. The van der Waals surface area contributed by atoms with Crippen molar-refractivity contribution in [1.29, 1.82) is 0 Å². The second-order valence-corrected chi connectivity index (χ2v) is 16.6. The minimum atomic E-state index is -0.950. The smallest absolute Gasteiger partial charge is 0.343 e. The van der Waals surface area contributed by atoms with Crippen molar-refractivity contribution >= 4 is 23.9 Å². The Balaban J connectivity index is 0.879. The molecule has 5 unspecified atom stereocenters. The minimum absolute atomic E-state index is 0.184. The number of rotatable bonds is 24. The fraction of sp³-hybridized carbons (Fsp3) is 0.346. The van der Waals surface area contributed by atoms with E-state index >= 15 is 0 Å². The van der Waals surface area contributed by atoms with Crippen LogP contribution >= 0.6 is 0 Å². The maximum atomic E-state index is 13.4. The van der Waals surface area contributed by atoms with Crippen molar-refractivity contribution in [3.05, 3.63) is 155 Å². The molecule has 0 saturated carbocycles. The molecule has 2 heterocycles. The molecule has 14 nitrogen and oxygen atoms in total. The Morgan fingerprint density at radius 3 is 1.29 bits per heavy atom. The molecule has 5 aromatic carbocycles. The van der Waals surface area contributed by atoms with E-state index in [1.54, 1.807) is 72.8 Å². The van der Waals surface area contributed by atoms with Gasteiger partial charge in [0.15, 0.2) is 18.7 Å². The van der Waals surface area contributed by atoms with E-state index in [0.717, 1.165) is 12.8 Å². The number of hydrogen-bond donors (Lipinski definition) is 0. The lowest BCUT2D eigenvalue weighted by atomic mass is 10.1. The molecular formula is C52H54O14. The zero-order chi connectivity index (χ0) is 46.5. The lowest BCUT2D eigenvalue weighted by molar-refractivity contribution is -0.0979. The van der Waals surface area contributed by atoms with Crippen LogP contribution in [0.4, 0.5) is 0 Å². The summed E-state index contributed by atoms with van der Waals surface area (Å²) in [7, 11) is 0. The first-order valence-corrected chi connectivity index (χ1v) is 22.0. The topological polar surface area (TPSA) is 167 Å². The first kappa shape index (κ1) is 47.4. The molecule has 0 radical (unpaired) electrons. The second-order valence-electron chi connectivity index (χ2n) is 16.6. The Bertz CT molecular complexity index is 2370. The number of ether oxygens (including phenoxy) is 10. The summed E-state index contributed by atoms with van der Waals surface area (Å²) in [6, 6.07) is 33.8. The Labute approximate surface area is 383 Å². The molecule has 0 N–H and O–H groups in total. The predicted octanol–water partition coefficient (Wildman–Crippen LogP) is 9.50. The summed E-state index contributed by atoms with van der Waals surface area (Å²) in [4.78, 5) is 52.4. The molecule has 5 atom stereocenters. The van der Waals surface area contributed by atoms with E-state index in [1.165, 1.54) is 48.5 Å². The highest BCUT2D eigenvalue weighted by molar-refractivity contribution is 5.93. The summed E-state index contributed by atoms with van der Waals surface area (Å²) in [5, 5.41) is 0. The van der Waals surface area contributed by atoms with Gasteiger partial charge in [-0.05, 0) is 116 Å². The Hall–Kier alpha value is -6.58. The van der Waals surface area contributed by atoms with Gasteiger partial charge < -0.3 is 47.4 Å². The zero-order valence-electron chi connectivity index (χ0n) is 37.4. The van der Waals surface area contributed by atoms with Crippen molar-refractivity contribution in [2.75, 3.05) is 33.0 Å². The summed E-state index contributed by atoms with van der Waals surface area (Å²) in [5.41, 5.74) is 1.08. The van der Waals surface area contributed by atoms with E-state index in [-0.39, 0.29) is 40.4 Å². The number of hydrogen-bond acceptors (Lipinski definition) is 14. The molecule has 0 aromatic heterocycles. The zero-order valence-corrected chi connectivity index (χ0v) is 37.4. The first-order chi connectivity index (χ1) is 31.9. The normalized spacial score (nSPS) is 18.5. The van der Waals surface area contributed by atoms with E-state index in [9.17, 15) is 19.2 Å². The highest BCUT2D eigenvalue weighted by Gasteiger charge is 2.41. The van der Waals surface area contributed by atoms with E-state index in [4.69, 9.17) is 47.4 Å². The molecule has 0 amide bonds. The van der Waals surface area contributed by atoms with Gasteiger partial charge in [-0.1, -0.05) is 57.0 Å². The van der Waals surface area contributed by atoms with E-state index in [0.29, 0.717) is 67.5 Å². The average Bonchev–Trinajstić information content (AvgIpc) is 4.27. The van der Waals surface area contributed by atoms with Crippen LogP contribution in [-0.4, -0.2) is 80.7 Å². The second kappa shape index (κ2) is 22.1. The number of carbonyl (C=O) groups is 4. The maximum absolute atomic E-state index is 13.4. The molecule has 2 aliphatic rings. The minimum Gasteiger partial charge on any atom is -0.465 e. The van der Waals surface area contributed by atoms with Crippen LogP contribution in [0.2, 0.25) is 0 Å². The fourth-order valence-electron chi connectivity index (χ4n) is 6.37. The van der Waals surface area contributed by atoms with Gasteiger partial charge in [0.1, 0.15) is 40.8 Å². The molecule has 2 saturated heterocycles. The average molecular weight is 903 g/mol. The molecule has 66 heavy (non-hydrogen) atoms. The van der Waals surface area contributed by atoms with Crippen LogP contribution in [0.15, 0.2) is 127 Å². The van der Waals surface area contributed by atoms with E-state index in [2.05, 4.69) is 0 Å². The van der Waals surface area contributed by atoms with Gasteiger partial charge in [0.2, 0.25) is 0 Å². The molecular weight excluding hydrogens is 849 g/mol. The quantitative estimate of drug-likeness (QED) is 0.0249. The van der Waals surface area contributed by atoms with Crippen molar-refractivity contribution in [1.82, 2.24) is 0 Å². The standard InChI is InChI=1S/C52H54O14/c1-5-10-45(58-31-51(3)33-60-51)62-40-22-16-37(17-23-40)48(54)64-42-26-14-36(15-27-42)47(53)57-30-44(35-12-8-7-9-13-35)66-50(56)39-20-28-43(29-21-39)65-49(55)38-18-24-41(25-19-38)63-46(11-6-2)59-32-52(4)34-61-52/h7-9,12-29,44-46H,5-6,10-11,30-34H2,1-4H3. The van der Waals surface area contributed by atoms with Gasteiger partial charge in [-0.15, -0.1) is 0 Å². The summed E-state index contributed by atoms with van der Waals surface area (Å²) >= 11 is 0. The Morgan fingerprint density at radius 2 is 0.894 bits per heavy atom. The molecule has 0 aliphatic carbocycles. The van der Waals surface area contributed by atoms with Crippen LogP contribution in [0, 0.1) is 0 Å². The highest BCUT2D eigenvalue weighted by Crippen LogP contribution is 2.29. The fourth-order valence-corrected chi connectivity index (χ4v) is 6.37. The highest BCUT2D eigenvalue weighted by atomic mass is 16.7. The van der Waals surface area contributed by atoms with Crippen LogP contribution < -0.4 is 18.9 Å². The Morgan fingerprint density at radius 1 is 0.515 bits per heavy atom. The van der Waals surface area contributed by atoms with Crippen molar-refractivity contribution in [3.63, 3.8) is 0 Å². The predicted molar refractivity (Wildman–Crippen MR) is 240 cm³/mol. The van der Waals surface area contributed by atoms with Crippen LogP contribution in [0.1, 0.15) is 106 Å². The molecule has 7 rings (SSSR count). The van der Waals surface area contributed by atoms with Gasteiger partial charge in [-0.3, -0.25) is 0 Å². The molecule has 14 heteroatoms. The molecule has 346 valence electrons. The van der Waals surface area contributed by atoms with Gasteiger partial charge in [0.25, 0.3) is 0 Å². The van der Waals surface area contributed by atoms with Gasteiger partial charge in [0, 0.05) is 12.8 Å². The van der Waals surface area contributed by atoms with Crippen molar-refractivity contribution < 1.29 is 66.5 Å². The van der Waals surface area contributed by atoms with Crippen molar-refractivity contribution in [2.24, 2.45) is 0 Å². The number of benzene rings is 5. The number of esters is 4. The van der Waals surface area contributed by atoms with Crippen LogP contribution in [0.5, 0.6) is 23.0 Å². The third-order valence-corrected chi connectivity index (χ3v) is 10.6. The molecule has 0 bridgehead atoms. The SMILES string of the molecule is CCCC(OCC1(C)CO1)Oc1ccc(C(=O)Oc2ccc(C(=O)OCC(OC(=O)c3ccc(OC(=O)c4ccc(OC(CCC)OCC5(C)CO5)cc4)cc3)c3ccccc3)cc2)cc1. The molecule has 2 fully saturated rings. The van der Waals surface area contributed by atoms with Gasteiger partial charge in [-0.2, -0.15) is 0 Å². The molecule has 5 aromatic rings. The van der Waals surface area contributed by atoms with Gasteiger partial charge in [0.05, 0.1) is 48.7 Å². The van der Waals surface area contributed by atoms with Gasteiger partial charge in [-0.25, -0.2) is 19.2 Å². The number of carbonyl (C=O) groups excluding carboxylic acids is 4. The third kappa shape index (κ3) is 14.0. The summed E-state index contributed by atoms with van der Waals surface area (Å²) < 4.78 is 57.1. The molecule has 0 spiro atoms. The Kier molecular flexibility index (Phi) is 15.8. The third-order valence-electron chi connectivity index (χ3n) is 10.6. The first-order valence-electron chi connectivity index (χ1n) is 22.0. The summed E-state index contributed by atoms with van der Waals surface area (Å²) in [5.74, 6) is -1.01. The van der Waals surface area contributed by atoms with E-state index in [1.807, 2.05) is 33.8 Å². The maximum Gasteiger partial charge on any atom is 0.343 e. The lowest BCUT2D eigenvalue weighted by Crippen LogP contribution is -2.26. The van der Waals surface area contributed by atoms with Crippen LogP contribution in [0.25, 0.3) is 0 Å². The van der Waals surface area contributed by atoms with Gasteiger partial charge >= 0.3 is 23.9 Å². The lowest BCUT2D eigenvalue weighted by Gasteiger charge is -2.20. The number of epoxide rings is 2. The van der Waals surface area contributed by atoms with Crippen LogP contribution in [0.3, 0.4) is 0 Å². The largest absolute Gasteiger partial charge is 0.465 e. The van der Waals surface area contributed by atoms with Crippen LogP contribution in [-0.2, 0) is 28.4 Å².